The Morgan fingerprint density at radius 3 is 1.36 bits per heavy atom. The van der Waals surface area contributed by atoms with E-state index in [2.05, 4.69) is 9.78 Å². The molecule has 0 amide bonds. The molecule has 0 spiro atoms. The van der Waals surface area contributed by atoms with E-state index in [1.165, 1.54) is 0 Å². The molecule has 0 saturated carbocycles. The van der Waals surface area contributed by atoms with Crippen LogP contribution in [0.5, 0.6) is 0 Å². The molecule has 147 valence electrons. The van der Waals surface area contributed by atoms with Crippen LogP contribution in [0.4, 0.5) is 10.5 Å². The molecule has 0 aromatic rings. The van der Waals surface area contributed by atoms with Crippen molar-refractivity contribution in [3.05, 3.63) is 21.5 Å². The fourth-order valence-electron chi connectivity index (χ4n) is 3.80. The second-order valence-electron chi connectivity index (χ2n) is 10.2. The Bertz CT molecular complexity index is 520. The zero-order valence-corrected chi connectivity index (χ0v) is 21.6. The van der Waals surface area contributed by atoms with Crippen LogP contribution in [0.2, 0.25) is 0 Å². The van der Waals surface area contributed by atoms with Crippen LogP contribution in [0.1, 0.15) is 68.7 Å². The molecule has 0 radical (unpaired) electrons. The van der Waals surface area contributed by atoms with Crippen molar-refractivity contribution in [2.45, 2.75) is 85.4 Å². The summed E-state index contributed by atoms with van der Waals surface area (Å²) in [6.45, 7) is 16.4. The summed E-state index contributed by atoms with van der Waals surface area (Å²) >= 11 is -6.01. The topological polar surface area (TPSA) is 36.1 Å². The second-order valence-corrected chi connectivity index (χ2v) is 41.5. The third-order valence-corrected chi connectivity index (χ3v) is 42.6. The molecule has 8 heteroatoms. The molecular weight excluding hydrogens is 467 g/mol. The van der Waals surface area contributed by atoms with Gasteiger partial charge >= 0.3 is 155 Å². The van der Waals surface area contributed by atoms with Gasteiger partial charge in [-0.1, -0.05) is 0 Å². The van der Waals surface area contributed by atoms with Gasteiger partial charge in [-0.2, -0.15) is 0 Å². The van der Waals surface area contributed by atoms with E-state index in [0.717, 1.165) is 0 Å². The van der Waals surface area contributed by atoms with Crippen LogP contribution < -0.4 is 9.78 Å². The first-order valence-electron chi connectivity index (χ1n) is 8.78. The average molecular weight is 502 g/mol. The Labute approximate surface area is 154 Å². The van der Waals surface area contributed by atoms with Gasteiger partial charge in [-0.15, -0.1) is 0 Å². The van der Waals surface area contributed by atoms with Gasteiger partial charge < -0.3 is 0 Å². The van der Waals surface area contributed by atoms with Gasteiger partial charge in [0.15, 0.2) is 0 Å². The van der Waals surface area contributed by atoms with Crippen molar-refractivity contribution in [2.24, 2.45) is 0 Å². The van der Waals surface area contributed by atoms with Crippen molar-refractivity contribution in [2.75, 3.05) is 0 Å². The first-order valence-corrected chi connectivity index (χ1v) is 23.5. The zero-order chi connectivity index (χ0) is 20.0. The van der Waals surface area contributed by atoms with Crippen molar-refractivity contribution in [1.29, 1.82) is 0 Å². The predicted octanol–water partition coefficient (Wildman–Crippen LogP) is 4.77. The van der Waals surface area contributed by atoms with Crippen LogP contribution in [0.25, 0.3) is 0 Å². The second kappa shape index (κ2) is 6.87. The molecule has 0 saturated heterocycles. The Balaban J connectivity index is 3.90. The summed E-state index contributed by atoms with van der Waals surface area (Å²) in [6, 6.07) is 0. The number of halogens is 3. The van der Waals surface area contributed by atoms with Crippen LogP contribution in [-0.4, -0.2) is 27.5 Å². The Hall–Kier alpha value is 0.576. The number of allylic oxidation sites excluding steroid dienone is 4. The molecule has 0 heterocycles. The van der Waals surface area contributed by atoms with Gasteiger partial charge in [-0.05, 0) is 0 Å². The van der Waals surface area contributed by atoms with Gasteiger partial charge in [0.2, 0.25) is 0 Å². The van der Waals surface area contributed by atoms with Crippen molar-refractivity contribution in [3.63, 3.8) is 0 Å². The van der Waals surface area contributed by atoms with Gasteiger partial charge in [-0.3, -0.25) is 0 Å². The van der Waals surface area contributed by atoms with Crippen LogP contribution in [0.15, 0.2) is 21.5 Å². The van der Waals surface area contributed by atoms with Crippen LogP contribution in [0.3, 0.4) is 0 Å². The van der Waals surface area contributed by atoms with Crippen LogP contribution in [-0.2, 0) is 17.1 Å². The van der Waals surface area contributed by atoms with E-state index in [0.29, 0.717) is 9.70 Å². The van der Waals surface area contributed by atoms with Gasteiger partial charge in [0, 0.05) is 0 Å². The molecule has 1 aliphatic carbocycles. The molecule has 0 aromatic carbocycles. The average Bonchev–Trinajstić information content (AvgIpc) is 2.72. The third-order valence-electron chi connectivity index (χ3n) is 3.86. The maximum absolute atomic E-state index is 15.3. The molecular formula is C17H35F3GeN3Zr. The summed E-state index contributed by atoms with van der Waals surface area (Å²) in [5.41, 5.74) is -2.02. The Kier molecular flexibility index (Phi) is 6.49. The van der Waals surface area contributed by atoms with E-state index in [1.54, 1.807) is 12.2 Å². The summed E-state index contributed by atoms with van der Waals surface area (Å²) in [4.78, 5) is 0. The fourth-order valence-corrected chi connectivity index (χ4v) is 46.9. The first-order chi connectivity index (χ1) is 10.8. The molecule has 0 unspecified atom stereocenters. The number of hydrogen-bond acceptors (Lipinski definition) is 3. The van der Waals surface area contributed by atoms with Crippen LogP contribution >= 0.6 is 0 Å². The van der Waals surface area contributed by atoms with E-state index in [9.17, 15) is 0 Å². The number of rotatable bonds is 5. The summed E-state index contributed by atoms with van der Waals surface area (Å²) in [7, 11) is -6.84. The summed E-state index contributed by atoms with van der Waals surface area (Å²) in [5.74, 6) is 0. The fraction of sp³-hybridized carbons (Fsp3) is 0.765. The van der Waals surface area contributed by atoms with E-state index in [-0.39, 0.29) is 0 Å². The first kappa shape index (κ1) is 23.6. The van der Waals surface area contributed by atoms with Gasteiger partial charge in [0.25, 0.3) is 0 Å². The molecule has 1 aliphatic rings. The molecule has 25 heavy (non-hydrogen) atoms. The van der Waals surface area contributed by atoms with E-state index < -0.39 is 44.6 Å². The van der Waals surface area contributed by atoms with E-state index in [1.807, 2.05) is 68.4 Å². The maximum atomic E-state index is 15.3. The normalized spacial score (nSPS) is 18.9. The third kappa shape index (κ3) is 5.31. The van der Waals surface area contributed by atoms with Crippen LogP contribution in [0, 0.1) is 0 Å². The molecule has 1 rings (SSSR count). The minimum atomic E-state index is -6.84. The standard InChI is InChI=1S/C5H5.3C4H10N.F3Ge.Zr/c1-2-4-5-3-1;3*1-4(2,3)5;1-4(2)3;/h1-3H,4H2;3*5H,1-3H3;;/q;3*-1;;+3. The Morgan fingerprint density at radius 1 is 0.800 bits per heavy atom. The molecule has 3 N–H and O–H groups in total. The number of nitrogens with one attached hydrogen (secondary N) is 3. The summed E-state index contributed by atoms with van der Waals surface area (Å²) in [5, 5.41) is 0. The van der Waals surface area contributed by atoms with Gasteiger partial charge in [0.05, 0.1) is 0 Å². The predicted molar refractivity (Wildman–Crippen MR) is 99.6 cm³/mol. The zero-order valence-electron chi connectivity index (χ0n) is 17.1. The molecule has 0 bridgehead atoms. The molecule has 3 nitrogen and oxygen atoms in total. The van der Waals surface area contributed by atoms with E-state index >= 15 is 10.5 Å². The van der Waals surface area contributed by atoms with Gasteiger partial charge in [-0.25, -0.2) is 0 Å². The van der Waals surface area contributed by atoms with Crippen molar-refractivity contribution in [1.82, 2.24) is 9.78 Å². The van der Waals surface area contributed by atoms with E-state index in [4.69, 9.17) is 0 Å². The molecule has 0 aliphatic heterocycles. The summed E-state index contributed by atoms with van der Waals surface area (Å²) in [6.07, 6.45) is 5.64. The van der Waals surface area contributed by atoms with Crippen molar-refractivity contribution < 1.29 is 27.6 Å². The van der Waals surface area contributed by atoms with Crippen molar-refractivity contribution in [3.8, 4) is 0 Å². The Morgan fingerprint density at radius 2 is 1.16 bits per heavy atom. The van der Waals surface area contributed by atoms with Gasteiger partial charge in [0.1, 0.15) is 0 Å². The minimum absolute atomic E-state index is 0.352. The molecule has 0 fully saturated rings. The quantitative estimate of drug-likeness (QED) is 0.474. The number of hydrogen-bond donors (Lipinski definition) is 3. The summed E-state index contributed by atoms with van der Waals surface area (Å²) < 4.78 is 56.0. The SMILES string of the molecule is CC(C)(C)[NH][Zr]([NH]C(C)(C)C)([NH]C(C)(C)C)([C]1=CC=CC1)[Ge]([F])([F])[F]. The molecule has 0 atom stereocenters. The van der Waals surface area contributed by atoms with Crippen molar-refractivity contribution >= 4 is 10.9 Å². The monoisotopic (exact) mass is 502 g/mol. The molecule has 0 aromatic heterocycles.